The van der Waals surface area contributed by atoms with Gasteiger partial charge in [-0.2, -0.15) is 0 Å². The van der Waals surface area contributed by atoms with Crippen LogP contribution in [-0.2, 0) is 0 Å². The zero-order chi connectivity index (χ0) is 11.7. The van der Waals surface area contributed by atoms with Gasteiger partial charge >= 0.3 is 0 Å². The molecule has 1 nitrogen and oxygen atoms in total. The monoisotopic (exact) mass is 206 g/mol. The molecule has 1 heteroatoms. The Bertz CT molecular complexity index is 207. The molecule has 84 valence electrons. The molecule has 0 spiro atoms. The van der Waals surface area contributed by atoms with Crippen molar-refractivity contribution in [3.05, 3.63) is 50.6 Å². The molecule has 1 N–H and O–H groups in total. The SMILES string of the molecule is C=CCC(CC=C)C(O)(CC=C)CC=C. The van der Waals surface area contributed by atoms with Crippen molar-refractivity contribution < 1.29 is 5.11 Å². The Kier molecular flexibility index (Phi) is 6.72. The molecule has 0 heterocycles. The van der Waals surface area contributed by atoms with Crippen molar-refractivity contribution in [2.45, 2.75) is 31.3 Å². The zero-order valence-electron chi connectivity index (χ0n) is 9.49. The van der Waals surface area contributed by atoms with Crippen LogP contribution in [-0.4, -0.2) is 10.7 Å². The van der Waals surface area contributed by atoms with Gasteiger partial charge in [0.2, 0.25) is 0 Å². The molecule has 0 unspecified atom stereocenters. The van der Waals surface area contributed by atoms with E-state index in [2.05, 4.69) is 26.3 Å². The van der Waals surface area contributed by atoms with E-state index >= 15 is 0 Å². The Morgan fingerprint density at radius 2 is 1.27 bits per heavy atom. The largest absolute Gasteiger partial charge is 0.389 e. The van der Waals surface area contributed by atoms with Gasteiger partial charge in [-0.3, -0.25) is 0 Å². The molecule has 0 saturated heterocycles. The number of allylic oxidation sites excluding steroid dienone is 2. The first-order valence-electron chi connectivity index (χ1n) is 5.30. The van der Waals surface area contributed by atoms with Crippen LogP contribution in [0.25, 0.3) is 0 Å². The van der Waals surface area contributed by atoms with Gasteiger partial charge in [0.1, 0.15) is 0 Å². The first kappa shape index (κ1) is 13.9. The second-order valence-electron chi connectivity index (χ2n) is 3.83. The maximum atomic E-state index is 10.5. The molecule has 0 amide bonds. The standard InChI is InChI=1S/C14H22O/c1-5-9-13(10-6-2)14(15,11-7-3)12-8-4/h5-8,13,15H,1-4,9-12H2. The van der Waals surface area contributed by atoms with Crippen molar-refractivity contribution in [2.75, 3.05) is 0 Å². The van der Waals surface area contributed by atoms with Gasteiger partial charge in [-0.25, -0.2) is 0 Å². The predicted octanol–water partition coefficient (Wildman–Crippen LogP) is 3.64. The van der Waals surface area contributed by atoms with Crippen LogP contribution >= 0.6 is 0 Å². The Morgan fingerprint density at radius 3 is 1.53 bits per heavy atom. The zero-order valence-corrected chi connectivity index (χ0v) is 9.49. The van der Waals surface area contributed by atoms with Crippen LogP contribution in [0.5, 0.6) is 0 Å². The minimum absolute atomic E-state index is 0.142. The molecule has 0 radical (unpaired) electrons. The highest BCUT2D eigenvalue weighted by molar-refractivity contribution is 5.00. The highest BCUT2D eigenvalue weighted by Crippen LogP contribution is 2.32. The minimum Gasteiger partial charge on any atom is -0.389 e. The van der Waals surface area contributed by atoms with Crippen LogP contribution < -0.4 is 0 Å². The summed E-state index contributed by atoms with van der Waals surface area (Å²) in [5.74, 6) is 0.142. The highest BCUT2D eigenvalue weighted by Gasteiger charge is 2.32. The summed E-state index contributed by atoms with van der Waals surface area (Å²) < 4.78 is 0. The van der Waals surface area contributed by atoms with E-state index in [4.69, 9.17) is 0 Å². The maximum Gasteiger partial charge on any atom is 0.0749 e. The Hall–Kier alpha value is -1.08. The molecule has 0 fully saturated rings. The molecule has 15 heavy (non-hydrogen) atoms. The smallest absolute Gasteiger partial charge is 0.0749 e. The van der Waals surface area contributed by atoms with Gasteiger partial charge in [0.15, 0.2) is 0 Å². The van der Waals surface area contributed by atoms with Gasteiger partial charge in [0.05, 0.1) is 5.60 Å². The van der Waals surface area contributed by atoms with Crippen molar-refractivity contribution >= 4 is 0 Å². The normalized spacial score (nSPS) is 11.1. The van der Waals surface area contributed by atoms with Gasteiger partial charge in [0, 0.05) is 0 Å². The quantitative estimate of drug-likeness (QED) is 0.571. The minimum atomic E-state index is -0.758. The van der Waals surface area contributed by atoms with Crippen molar-refractivity contribution in [1.29, 1.82) is 0 Å². The summed E-state index contributed by atoms with van der Waals surface area (Å²) in [6, 6.07) is 0. The van der Waals surface area contributed by atoms with Crippen LogP contribution in [0.15, 0.2) is 50.6 Å². The molecule has 0 aliphatic heterocycles. The Balaban J connectivity index is 4.76. The molecule has 0 aromatic heterocycles. The van der Waals surface area contributed by atoms with Crippen LogP contribution in [0.2, 0.25) is 0 Å². The second-order valence-corrected chi connectivity index (χ2v) is 3.83. The van der Waals surface area contributed by atoms with E-state index in [0.29, 0.717) is 12.8 Å². The lowest BCUT2D eigenvalue weighted by Crippen LogP contribution is -2.36. The van der Waals surface area contributed by atoms with E-state index in [-0.39, 0.29) is 5.92 Å². The first-order chi connectivity index (χ1) is 7.14. The second kappa shape index (κ2) is 7.24. The molecule has 0 atom stereocenters. The summed E-state index contributed by atoms with van der Waals surface area (Å²) >= 11 is 0. The first-order valence-corrected chi connectivity index (χ1v) is 5.30. The Labute approximate surface area is 93.5 Å². The van der Waals surface area contributed by atoms with E-state index in [9.17, 15) is 5.11 Å². The van der Waals surface area contributed by atoms with Gasteiger partial charge in [-0.15, -0.1) is 26.3 Å². The number of hydrogen-bond donors (Lipinski definition) is 1. The maximum absolute atomic E-state index is 10.5. The molecule has 0 aromatic carbocycles. The predicted molar refractivity (Wildman–Crippen MR) is 67.7 cm³/mol. The van der Waals surface area contributed by atoms with Crippen molar-refractivity contribution in [3.8, 4) is 0 Å². The van der Waals surface area contributed by atoms with E-state index in [1.54, 1.807) is 12.2 Å². The summed E-state index contributed by atoms with van der Waals surface area (Å²) in [5, 5.41) is 10.5. The van der Waals surface area contributed by atoms with Crippen molar-refractivity contribution in [2.24, 2.45) is 5.92 Å². The van der Waals surface area contributed by atoms with Crippen LogP contribution in [0.4, 0.5) is 0 Å². The number of rotatable bonds is 9. The summed E-state index contributed by atoms with van der Waals surface area (Å²) in [6.07, 6.45) is 9.90. The van der Waals surface area contributed by atoms with Crippen LogP contribution in [0, 0.1) is 5.92 Å². The molecular formula is C14H22O. The van der Waals surface area contributed by atoms with E-state index in [1.165, 1.54) is 0 Å². The lowest BCUT2D eigenvalue weighted by Gasteiger charge is -2.34. The highest BCUT2D eigenvalue weighted by atomic mass is 16.3. The molecule has 0 aliphatic carbocycles. The van der Waals surface area contributed by atoms with Crippen LogP contribution in [0.3, 0.4) is 0 Å². The fraction of sp³-hybridized carbons (Fsp3) is 0.429. The van der Waals surface area contributed by atoms with E-state index in [0.717, 1.165) is 12.8 Å². The molecule has 0 bridgehead atoms. The third kappa shape index (κ3) is 4.30. The van der Waals surface area contributed by atoms with E-state index in [1.807, 2.05) is 12.2 Å². The summed E-state index contributed by atoms with van der Waals surface area (Å²) in [7, 11) is 0. The third-order valence-electron chi connectivity index (χ3n) is 2.66. The van der Waals surface area contributed by atoms with E-state index < -0.39 is 5.60 Å². The lowest BCUT2D eigenvalue weighted by atomic mass is 9.78. The molecule has 0 saturated carbocycles. The van der Waals surface area contributed by atoms with Gasteiger partial charge in [-0.05, 0) is 31.6 Å². The molecular weight excluding hydrogens is 184 g/mol. The van der Waals surface area contributed by atoms with Gasteiger partial charge in [-0.1, -0.05) is 24.3 Å². The third-order valence-corrected chi connectivity index (χ3v) is 2.66. The summed E-state index contributed by atoms with van der Waals surface area (Å²) in [5.41, 5.74) is -0.758. The van der Waals surface area contributed by atoms with Crippen molar-refractivity contribution in [3.63, 3.8) is 0 Å². The van der Waals surface area contributed by atoms with Crippen molar-refractivity contribution in [1.82, 2.24) is 0 Å². The fourth-order valence-electron chi connectivity index (χ4n) is 1.85. The topological polar surface area (TPSA) is 20.2 Å². The molecule has 0 aromatic rings. The summed E-state index contributed by atoms with van der Waals surface area (Å²) in [4.78, 5) is 0. The molecule has 0 rings (SSSR count). The average molecular weight is 206 g/mol. The number of hydrogen-bond acceptors (Lipinski definition) is 1. The summed E-state index contributed by atoms with van der Waals surface area (Å²) in [6.45, 7) is 14.8. The van der Waals surface area contributed by atoms with Gasteiger partial charge < -0.3 is 5.11 Å². The number of aliphatic hydroxyl groups is 1. The lowest BCUT2D eigenvalue weighted by molar-refractivity contribution is -0.0114. The van der Waals surface area contributed by atoms with Gasteiger partial charge in [0.25, 0.3) is 0 Å². The Morgan fingerprint density at radius 1 is 0.867 bits per heavy atom. The fourth-order valence-corrected chi connectivity index (χ4v) is 1.85. The molecule has 0 aliphatic rings. The van der Waals surface area contributed by atoms with Crippen LogP contribution in [0.1, 0.15) is 25.7 Å². The average Bonchev–Trinajstić information content (AvgIpc) is 2.18.